The number of carbonyl (C=O) groups excluding carboxylic acids is 1. The first-order valence-corrected chi connectivity index (χ1v) is 5.70. The summed E-state index contributed by atoms with van der Waals surface area (Å²) in [5.41, 5.74) is 2.70. The quantitative estimate of drug-likeness (QED) is 0.709. The van der Waals surface area contributed by atoms with Crippen LogP contribution < -0.4 is 10.6 Å². The Morgan fingerprint density at radius 1 is 1.25 bits per heavy atom. The van der Waals surface area contributed by atoms with Crippen LogP contribution in [0.4, 0.5) is 0 Å². The molecular formula is C13H20N2O. The van der Waals surface area contributed by atoms with Crippen LogP contribution >= 0.6 is 0 Å². The summed E-state index contributed by atoms with van der Waals surface area (Å²) in [6, 6.07) is 8.39. The summed E-state index contributed by atoms with van der Waals surface area (Å²) in [4.78, 5) is 10.9. The van der Waals surface area contributed by atoms with E-state index in [1.807, 2.05) is 0 Å². The largest absolute Gasteiger partial charge is 0.359 e. The fraction of sp³-hybridized carbons (Fsp3) is 0.462. The molecule has 0 radical (unpaired) electrons. The van der Waals surface area contributed by atoms with Crippen molar-refractivity contribution in [2.24, 2.45) is 0 Å². The molecule has 0 aliphatic rings. The molecule has 1 amide bonds. The predicted octanol–water partition coefficient (Wildman–Crippen LogP) is 1.26. The Labute approximate surface area is 97.2 Å². The molecule has 0 saturated carbocycles. The molecule has 1 rings (SSSR count). The van der Waals surface area contributed by atoms with E-state index in [0.717, 1.165) is 19.5 Å². The maximum absolute atomic E-state index is 10.9. The van der Waals surface area contributed by atoms with Crippen molar-refractivity contribution in [3.63, 3.8) is 0 Å². The first-order valence-electron chi connectivity index (χ1n) is 5.70. The highest BCUT2D eigenvalue weighted by atomic mass is 16.1. The summed E-state index contributed by atoms with van der Waals surface area (Å²) >= 11 is 0. The van der Waals surface area contributed by atoms with E-state index in [0.29, 0.717) is 6.42 Å². The Morgan fingerprint density at radius 2 is 2.00 bits per heavy atom. The van der Waals surface area contributed by atoms with Crippen LogP contribution in [0.25, 0.3) is 0 Å². The minimum Gasteiger partial charge on any atom is -0.359 e. The fourth-order valence-electron chi connectivity index (χ4n) is 1.57. The third-order valence-corrected chi connectivity index (χ3v) is 2.64. The number of rotatable bonds is 6. The van der Waals surface area contributed by atoms with Crippen molar-refractivity contribution in [3.8, 4) is 0 Å². The molecule has 0 spiro atoms. The number of nitrogens with one attached hydrogen (secondary N) is 2. The molecule has 0 fully saturated rings. The first kappa shape index (κ1) is 12.7. The third kappa shape index (κ3) is 4.45. The zero-order valence-electron chi connectivity index (χ0n) is 10.0. The second-order valence-corrected chi connectivity index (χ2v) is 3.85. The van der Waals surface area contributed by atoms with Crippen LogP contribution in [-0.2, 0) is 11.2 Å². The van der Waals surface area contributed by atoms with E-state index < -0.39 is 0 Å². The van der Waals surface area contributed by atoms with Crippen LogP contribution in [0.15, 0.2) is 24.3 Å². The molecule has 0 aromatic heterocycles. The van der Waals surface area contributed by atoms with Gasteiger partial charge in [0.2, 0.25) is 5.91 Å². The average molecular weight is 220 g/mol. The molecule has 0 heterocycles. The van der Waals surface area contributed by atoms with E-state index >= 15 is 0 Å². The molecule has 3 heteroatoms. The van der Waals surface area contributed by atoms with Gasteiger partial charge in [0.15, 0.2) is 0 Å². The first-order chi connectivity index (χ1) is 7.74. The van der Waals surface area contributed by atoms with Crippen LogP contribution in [0.1, 0.15) is 17.5 Å². The smallest absolute Gasteiger partial charge is 0.221 e. The summed E-state index contributed by atoms with van der Waals surface area (Å²) in [6.07, 6.45) is 1.56. The number of benzene rings is 1. The predicted molar refractivity (Wildman–Crippen MR) is 66.4 cm³/mol. The van der Waals surface area contributed by atoms with Gasteiger partial charge in [0, 0.05) is 20.0 Å². The highest BCUT2D eigenvalue weighted by Gasteiger charge is 1.98. The summed E-state index contributed by atoms with van der Waals surface area (Å²) in [5, 5.41) is 5.87. The lowest BCUT2D eigenvalue weighted by Gasteiger charge is -2.06. The molecule has 1 aromatic carbocycles. The van der Waals surface area contributed by atoms with Crippen molar-refractivity contribution in [1.82, 2.24) is 10.6 Å². The number of hydrogen-bond donors (Lipinski definition) is 2. The zero-order valence-corrected chi connectivity index (χ0v) is 10.0. The molecule has 0 aliphatic heterocycles. The molecular weight excluding hydrogens is 200 g/mol. The van der Waals surface area contributed by atoms with Crippen molar-refractivity contribution in [2.45, 2.75) is 19.8 Å². The number of amides is 1. The lowest BCUT2D eigenvalue weighted by molar-refractivity contribution is -0.120. The summed E-state index contributed by atoms with van der Waals surface area (Å²) in [5.74, 6) is 0.0865. The number of aryl methyl sites for hydroxylation is 1. The van der Waals surface area contributed by atoms with E-state index in [9.17, 15) is 4.79 Å². The Bertz CT molecular complexity index is 336. The maximum atomic E-state index is 10.9. The lowest BCUT2D eigenvalue weighted by atomic mass is 10.1. The molecule has 0 bridgehead atoms. The molecule has 88 valence electrons. The summed E-state index contributed by atoms with van der Waals surface area (Å²) in [6.45, 7) is 3.78. The van der Waals surface area contributed by atoms with Gasteiger partial charge in [-0.15, -0.1) is 0 Å². The van der Waals surface area contributed by atoms with Gasteiger partial charge in [-0.3, -0.25) is 4.79 Å². The topological polar surface area (TPSA) is 41.1 Å². The van der Waals surface area contributed by atoms with Crippen LogP contribution in [0.3, 0.4) is 0 Å². The van der Waals surface area contributed by atoms with Crippen LogP contribution in [-0.4, -0.2) is 26.0 Å². The molecule has 0 unspecified atom stereocenters. The minimum absolute atomic E-state index is 0.0865. The number of hydrogen-bond acceptors (Lipinski definition) is 2. The van der Waals surface area contributed by atoms with Gasteiger partial charge in [0.1, 0.15) is 0 Å². The average Bonchev–Trinajstić information content (AvgIpc) is 2.30. The maximum Gasteiger partial charge on any atom is 0.221 e. The van der Waals surface area contributed by atoms with Gasteiger partial charge >= 0.3 is 0 Å². The molecule has 0 aliphatic carbocycles. The van der Waals surface area contributed by atoms with Gasteiger partial charge in [-0.25, -0.2) is 0 Å². The van der Waals surface area contributed by atoms with Crippen molar-refractivity contribution in [2.75, 3.05) is 20.1 Å². The van der Waals surface area contributed by atoms with E-state index in [2.05, 4.69) is 41.8 Å². The van der Waals surface area contributed by atoms with E-state index in [1.54, 1.807) is 7.05 Å². The third-order valence-electron chi connectivity index (χ3n) is 2.64. The van der Waals surface area contributed by atoms with E-state index in [4.69, 9.17) is 0 Å². The van der Waals surface area contributed by atoms with Crippen LogP contribution in [0, 0.1) is 6.92 Å². The van der Waals surface area contributed by atoms with Crippen molar-refractivity contribution in [3.05, 3.63) is 35.4 Å². The Balaban J connectivity index is 2.17. The monoisotopic (exact) mass is 220 g/mol. The minimum atomic E-state index is 0.0865. The number of carbonyl (C=O) groups is 1. The molecule has 3 nitrogen and oxygen atoms in total. The fourth-order valence-corrected chi connectivity index (χ4v) is 1.57. The lowest BCUT2D eigenvalue weighted by Crippen LogP contribution is -2.26. The van der Waals surface area contributed by atoms with Gasteiger partial charge in [0.05, 0.1) is 0 Å². The highest BCUT2D eigenvalue weighted by Crippen LogP contribution is 2.06. The van der Waals surface area contributed by atoms with Crippen molar-refractivity contribution < 1.29 is 4.79 Å². The second kappa shape index (κ2) is 7.01. The molecule has 16 heavy (non-hydrogen) atoms. The normalized spacial score (nSPS) is 10.1. The van der Waals surface area contributed by atoms with Gasteiger partial charge in [-0.2, -0.15) is 0 Å². The Morgan fingerprint density at radius 3 is 2.69 bits per heavy atom. The van der Waals surface area contributed by atoms with Gasteiger partial charge in [-0.1, -0.05) is 24.3 Å². The second-order valence-electron chi connectivity index (χ2n) is 3.85. The van der Waals surface area contributed by atoms with E-state index in [1.165, 1.54) is 11.1 Å². The Kier molecular flexibility index (Phi) is 5.57. The summed E-state index contributed by atoms with van der Waals surface area (Å²) < 4.78 is 0. The highest BCUT2D eigenvalue weighted by molar-refractivity contribution is 5.75. The van der Waals surface area contributed by atoms with Crippen molar-refractivity contribution in [1.29, 1.82) is 0 Å². The molecule has 0 atom stereocenters. The zero-order chi connectivity index (χ0) is 11.8. The SMILES string of the molecule is CNC(=O)CCNCCc1ccccc1C. The molecule has 1 aromatic rings. The van der Waals surface area contributed by atoms with Gasteiger partial charge < -0.3 is 10.6 Å². The van der Waals surface area contributed by atoms with Crippen LogP contribution in [0.2, 0.25) is 0 Å². The standard InChI is InChI=1S/C13H20N2O/c1-11-5-3-4-6-12(11)7-9-15-10-8-13(16)14-2/h3-6,15H,7-10H2,1-2H3,(H,14,16). The van der Waals surface area contributed by atoms with Crippen molar-refractivity contribution >= 4 is 5.91 Å². The summed E-state index contributed by atoms with van der Waals surface area (Å²) in [7, 11) is 1.66. The van der Waals surface area contributed by atoms with Gasteiger partial charge in [-0.05, 0) is 31.0 Å². The Hall–Kier alpha value is -1.35. The van der Waals surface area contributed by atoms with Crippen LogP contribution in [0.5, 0.6) is 0 Å². The van der Waals surface area contributed by atoms with E-state index in [-0.39, 0.29) is 5.91 Å². The van der Waals surface area contributed by atoms with Gasteiger partial charge in [0.25, 0.3) is 0 Å². The molecule has 0 saturated heterocycles. The molecule has 2 N–H and O–H groups in total.